The Morgan fingerprint density at radius 2 is 2.29 bits per heavy atom. The zero-order valence-corrected chi connectivity index (χ0v) is 10.9. The van der Waals surface area contributed by atoms with Crippen molar-refractivity contribution in [2.45, 2.75) is 33.0 Å². The van der Waals surface area contributed by atoms with E-state index in [0.29, 0.717) is 13.2 Å². The fraction of sp³-hybridized carbons (Fsp3) is 0.615. The molecule has 0 amide bonds. The average Bonchev–Trinajstić information content (AvgIpc) is 2.35. The maximum Gasteiger partial charge on any atom is 0.0893 e. The monoisotopic (exact) mass is 238 g/mol. The summed E-state index contributed by atoms with van der Waals surface area (Å²) in [6, 6.07) is 3.99. The average molecular weight is 238 g/mol. The Morgan fingerprint density at radius 1 is 1.47 bits per heavy atom. The number of pyridine rings is 1. The SMILES string of the molecule is CCCNc1ccnc(COC(C)COC)c1. The summed E-state index contributed by atoms with van der Waals surface area (Å²) in [6.45, 7) is 6.23. The first-order valence-electron chi connectivity index (χ1n) is 6.05. The van der Waals surface area contributed by atoms with Crippen LogP contribution in [0, 0.1) is 0 Å². The maximum absolute atomic E-state index is 5.61. The lowest BCUT2D eigenvalue weighted by atomic mass is 10.3. The number of methoxy groups -OCH3 is 1. The predicted octanol–water partition coefficient (Wildman–Crippen LogP) is 2.46. The summed E-state index contributed by atoms with van der Waals surface area (Å²) in [7, 11) is 1.67. The Labute approximate surface area is 103 Å². The van der Waals surface area contributed by atoms with Crippen molar-refractivity contribution in [3.63, 3.8) is 0 Å². The van der Waals surface area contributed by atoms with E-state index in [2.05, 4.69) is 17.2 Å². The molecule has 1 aromatic rings. The van der Waals surface area contributed by atoms with Crippen molar-refractivity contribution in [3.05, 3.63) is 24.0 Å². The minimum Gasteiger partial charge on any atom is -0.385 e. The van der Waals surface area contributed by atoms with Gasteiger partial charge in [0.05, 0.1) is 25.0 Å². The topological polar surface area (TPSA) is 43.4 Å². The molecule has 0 spiro atoms. The van der Waals surface area contributed by atoms with Gasteiger partial charge in [-0.3, -0.25) is 4.98 Å². The highest BCUT2D eigenvalue weighted by Crippen LogP contribution is 2.09. The van der Waals surface area contributed by atoms with Gasteiger partial charge in [-0.25, -0.2) is 0 Å². The molecule has 0 bridgehead atoms. The van der Waals surface area contributed by atoms with E-state index in [0.717, 1.165) is 24.3 Å². The molecule has 0 aliphatic rings. The van der Waals surface area contributed by atoms with Gasteiger partial charge >= 0.3 is 0 Å². The van der Waals surface area contributed by atoms with Crippen LogP contribution in [0.3, 0.4) is 0 Å². The second-order valence-corrected chi connectivity index (χ2v) is 4.04. The fourth-order valence-electron chi connectivity index (χ4n) is 1.45. The largest absolute Gasteiger partial charge is 0.385 e. The van der Waals surface area contributed by atoms with Crippen LogP contribution in [0.1, 0.15) is 26.0 Å². The summed E-state index contributed by atoms with van der Waals surface area (Å²) >= 11 is 0. The van der Waals surface area contributed by atoms with Crippen molar-refractivity contribution < 1.29 is 9.47 Å². The zero-order valence-electron chi connectivity index (χ0n) is 10.9. The number of aromatic nitrogens is 1. The first-order chi connectivity index (χ1) is 8.26. The quantitative estimate of drug-likeness (QED) is 0.755. The van der Waals surface area contributed by atoms with Gasteiger partial charge in [0.15, 0.2) is 0 Å². The number of hydrogen-bond acceptors (Lipinski definition) is 4. The van der Waals surface area contributed by atoms with Crippen molar-refractivity contribution >= 4 is 5.69 Å². The highest BCUT2D eigenvalue weighted by molar-refractivity contribution is 5.42. The third-order valence-corrected chi connectivity index (χ3v) is 2.31. The number of anilines is 1. The molecule has 1 atom stereocenters. The molecular formula is C13H22N2O2. The normalized spacial score (nSPS) is 12.4. The molecule has 0 aliphatic carbocycles. The minimum absolute atomic E-state index is 0.0917. The fourth-order valence-corrected chi connectivity index (χ4v) is 1.45. The minimum atomic E-state index is 0.0917. The molecule has 0 fully saturated rings. The summed E-state index contributed by atoms with van der Waals surface area (Å²) in [5.41, 5.74) is 2.04. The summed E-state index contributed by atoms with van der Waals surface area (Å²) in [5, 5.41) is 3.33. The Balaban J connectivity index is 2.42. The van der Waals surface area contributed by atoms with Crippen LogP contribution in [0.5, 0.6) is 0 Å². The van der Waals surface area contributed by atoms with Crippen LogP contribution < -0.4 is 5.32 Å². The first kappa shape index (κ1) is 13.9. The van der Waals surface area contributed by atoms with Gasteiger partial charge in [-0.05, 0) is 25.5 Å². The molecule has 0 aromatic carbocycles. The Hall–Kier alpha value is -1.13. The van der Waals surface area contributed by atoms with Gasteiger partial charge in [0.1, 0.15) is 0 Å². The van der Waals surface area contributed by atoms with E-state index in [-0.39, 0.29) is 6.10 Å². The summed E-state index contributed by atoms with van der Waals surface area (Å²) in [5.74, 6) is 0. The Morgan fingerprint density at radius 3 is 3.00 bits per heavy atom. The van der Waals surface area contributed by atoms with Gasteiger partial charge in [0.25, 0.3) is 0 Å². The smallest absolute Gasteiger partial charge is 0.0893 e. The van der Waals surface area contributed by atoms with Gasteiger partial charge < -0.3 is 14.8 Å². The molecule has 1 rings (SSSR count). The van der Waals surface area contributed by atoms with E-state index in [1.54, 1.807) is 13.3 Å². The molecule has 0 aliphatic heterocycles. The van der Waals surface area contributed by atoms with E-state index in [4.69, 9.17) is 9.47 Å². The Kier molecular flexibility index (Phi) is 6.58. The van der Waals surface area contributed by atoms with E-state index >= 15 is 0 Å². The summed E-state index contributed by atoms with van der Waals surface area (Å²) in [4.78, 5) is 4.27. The molecule has 17 heavy (non-hydrogen) atoms. The summed E-state index contributed by atoms with van der Waals surface area (Å²) in [6.07, 6.45) is 3.01. The maximum atomic E-state index is 5.61. The second kappa shape index (κ2) is 8.03. The van der Waals surface area contributed by atoms with Gasteiger partial charge in [-0.15, -0.1) is 0 Å². The molecule has 4 heteroatoms. The van der Waals surface area contributed by atoms with Crippen molar-refractivity contribution in [1.29, 1.82) is 0 Å². The van der Waals surface area contributed by atoms with Crippen LogP contribution in [0.15, 0.2) is 18.3 Å². The number of nitrogens with one attached hydrogen (secondary N) is 1. The molecule has 0 radical (unpaired) electrons. The van der Waals surface area contributed by atoms with Crippen molar-refractivity contribution in [2.24, 2.45) is 0 Å². The van der Waals surface area contributed by atoms with Crippen molar-refractivity contribution in [3.8, 4) is 0 Å². The van der Waals surface area contributed by atoms with Crippen LogP contribution in [-0.2, 0) is 16.1 Å². The molecule has 1 N–H and O–H groups in total. The third-order valence-electron chi connectivity index (χ3n) is 2.31. The molecule has 0 saturated carbocycles. The van der Waals surface area contributed by atoms with Gasteiger partial charge in [0.2, 0.25) is 0 Å². The summed E-state index contributed by atoms with van der Waals surface area (Å²) < 4.78 is 10.6. The van der Waals surface area contributed by atoms with Gasteiger partial charge in [-0.2, -0.15) is 0 Å². The molecule has 4 nitrogen and oxygen atoms in total. The van der Waals surface area contributed by atoms with Crippen molar-refractivity contribution in [2.75, 3.05) is 25.6 Å². The molecular weight excluding hydrogens is 216 g/mol. The van der Waals surface area contributed by atoms with E-state index < -0.39 is 0 Å². The molecule has 1 unspecified atom stereocenters. The lowest BCUT2D eigenvalue weighted by Crippen LogP contribution is -2.15. The zero-order chi connectivity index (χ0) is 12.5. The van der Waals surface area contributed by atoms with Crippen LogP contribution in [0.2, 0.25) is 0 Å². The van der Waals surface area contributed by atoms with Crippen molar-refractivity contribution in [1.82, 2.24) is 4.98 Å². The molecule has 96 valence electrons. The molecule has 1 heterocycles. The number of nitrogens with zero attached hydrogens (tertiary/aromatic N) is 1. The van der Waals surface area contributed by atoms with Gasteiger partial charge in [-0.1, -0.05) is 6.92 Å². The van der Waals surface area contributed by atoms with Crippen LogP contribution >= 0.6 is 0 Å². The number of ether oxygens (including phenoxy) is 2. The van der Waals surface area contributed by atoms with Crippen LogP contribution in [-0.4, -0.2) is 31.3 Å². The van der Waals surface area contributed by atoms with Crippen LogP contribution in [0.25, 0.3) is 0 Å². The Bertz CT molecular complexity index is 318. The van der Waals surface area contributed by atoms with E-state index in [9.17, 15) is 0 Å². The lowest BCUT2D eigenvalue weighted by Gasteiger charge is -2.12. The second-order valence-electron chi connectivity index (χ2n) is 4.04. The molecule has 0 saturated heterocycles. The molecule has 1 aromatic heterocycles. The number of rotatable bonds is 8. The lowest BCUT2D eigenvalue weighted by molar-refractivity contribution is -0.00135. The van der Waals surface area contributed by atoms with E-state index in [1.807, 2.05) is 19.1 Å². The highest BCUT2D eigenvalue weighted by Gasteiger charge is 2.03. The highest BCUT2D eigenvalue weighted by atomic mass is 16.5. The van der Waals surface area contributed by atoms with Gasteiger partial charge in [0, 0.05) is 25.5 Å². The first-order valence-corrected chi connectivity index (χ1v) is 6.05. The predicted molar refractivity (Wildman–Crippen MR) is 69.1 cm³/mol. The third kappa shape index (κ3) is 5.65. The van der Waals surface area contributed by atoms with Crippen LogP contribution in [0.4, 0.5) is 5.69 Å². The number of hydrogen-bond donors (Lipinski definition) is 1. The van der Waals surface area contributed by atoms with E-state index in [1.165, 1.54) is 0 Å². The standard InChI is InChI=1S/C13H22N2O2/c1-4-6-14-12-5-7-15-13(8-12)10-17-11(2)9-16-3/h5,7-8,11H,4,6,9-10H2,1-3H3,(H,14,15).